The van der Waals surface area contributed by atoms with Gasteiger partial charge in [-0.25, -0.2) is 8.42 Å². The minimum Gasteiger partial charge on any atom is -0.298 e. The second-order valence-electron chi connectivity index (χ2n) is 5.39. The highest BCUT2D eigenvalue weighted by molar-refractivity contribution is 7.91. The molecule has 0 atom stereocenters. The molecule has 0 radical (unpaired) electrons. The third kappa shape index (κ3) is 5.09. The van der Waals surface area contributed by atoms with Crippen molar-refractivity contribution in [3.05, 3.63) is 53.6 Å². The van der Waals surface area contributed by atoms with Gasteiger partial charge in [0, 0.05) is 5.69 Å². The van der Waals surface area contributed by atoms with Crippen LogP contribution in [0.1, 0.15) is 11.1 Å². The Kier molecular flexibility index (Phi) is 5.36. The Labute approximate surface area is 151 Å². The molecule has 0 saturated heterocycles. The zero-order chi connectivity index (χ0) is 21.5. The SMILES string of the molecule is O=S(=O)(c1ccc(NC(F)(F)F)cc1)c1cc(C(F)(F)F)cc(C(F)(F)F)c1. The molecular formula is C15H8F9NO2S. The quantitative estimate of drug-likeness (QED) is 0.511. The van der Waals surface area contributed by atoms with Crippen LogP contribution in [-0.4, -0.2) is 14.7 Å². The summed E-state index contributed by atoms with van der Waals surface area (Å²) in [5.74, 6) is 0. The Hall–Kier alpha value is -2.44. The number of nitrogens with one attached hydrogen (secondary N) is 1. The molecule has 1 N–H and O–H groups in total. The summed E-state index contributed by atoms with van der Waals surface area (Å²) in [4.78, 5) is -2.08. The number of anilines is 1. The lowest BCUT2D eigenvalue weighted by atomic mass is 10.1. The lowest BCUT2D eigenvalue weighted by Gasteiger charge is -2.15. The molecule has 28 heavy (non-hydrogen) atoms. The van der Waals surface area contributed by atoms with Crippen LogP contribution in [0.5, 0.6) is 0 Å². The van der Waals surface area contributed by atoms with E-state index in [-0.39, 0.29) is 18.2 Å². The molecule has 0 amide bonds. The van der Waals surface area contributed by atoms with Gasteiger partial charge in [0.15, 0.2) is 0 Å². The molecule has 0 fully saturated rings. The van der Waals surface area contributed by atoms with E-state index in [2.05, 4.69) is 0 Å². The fourth-order valence-electron chi connectivity index (χ4n) is 2.10. The Morgan fingerprint density at radius 2 is 1.07 bits per heavy atom. The van der Waals surface area contributed by atoms with Gasteiger partial charge >= 0.3 is 18.7 Å². The van der Waals surface area contributed by atoms with E-state index in [4.69, 9.17) is 0 Å². The van der Waals surface area contributed by atoms with Gasteiger partial charge in [0.1, 0.15) is 0 Å². The largest absolute Gasteiger partial charge is 0.482 e. The lowest BCUT2D eigenvalue weighted by Crippen LogP contribution is -2.20. The van der Waals surface area contributed by atoms with E-state index >= 15 is 0 Å². The summed E-state index contributed by atoms with van der Waals surface area (Å²) in [6.07, 6.45) is -15.3. The van der Waals surface area contributed by atoms with Crippen LogP contribution in [0.3, 0.4) is 0 Å². The first-order chi connectivity index (χ1) is 12.5. The molecule has 3 nitrogen and oxygen atoms in total. The minimum atomic E-state index is -5.26. The maximum atomic E-state index is 12.9. The second-order valence-corrected chi connectivity index (χ2v) is 7.34. The van der Waals surface area contributed by atoms with Crippen molar-refractivity contribution in [2.75, 3.05) is 5.32 Å². The van der Waals surface area contributed by atoms with Crippen LogP contribution in [-0.2, 0) is 22.2 Å². The van der Waals surface area contributed by atoms with Gasteiger partial charge < -0.3 is 0 Å². The van der Waals surface area contributed by atoms with Crippen LogP contribution >= 0.6 is 0 Å². The van der Waals surface area contributed by atoms with E-state index < -0.39 is 55.1 Å². The van der Waals surface area contributed by atoms with Crippen molar-refractivity contribution in [2.45, 2.75) is 28.4 Å². The molecule has 0 aromatic heterocycles. The van der Waals surface area contributed by atoms with Gasteiger partial charge in [-0.05, 0) is 42.5 Å². The smallest absolute Gasteiger partial charge is 0.298 e. The monoisotopic (exact) mass is 437 g/mol. The standard InChI is InChI=1S/C15H8F9NO2S/c16-13(17,18)8-5-9(14(19,20)21)7-12(6-8)28(26,27)11-3-1-10(2-4-11)25-15(22,23)24/h1-7,25H. The number of sulfone groups is 1. The molecule has 2 rings (SSSR count). The van der Waals surface area contributed by atoms with Gasteiger partial charge in [-0.15, -0.1) is 0 Å². The average molecular weight is 437 g/mol. The second kappa shape index (κ2) is 6.87. The van der Waals surface area contributed by atoms with Crippen LogP contribution < -0.4 is 5.32 Å². The van der Waals surface area contributed by atoms with Crippen LogP contribution in [0.4, 0.5) is 45.2 Å². The van der Waals surface area contributed by atoms with Gasteiger partial charge in [-0.3, -0.25) is 5.32 Å². The normalized spacial score (nSPS) is 13.5. The van der Waals surface area contributed by atoms with E-state index in [0.29, 0.717) is 24.3 Å². The molecule has 0 bridgehead atoms. The van der Waals surface area contributed by atoms with Crippen molar-refractivity contribution < 1.29 is 47.9 Å². The van der Waals surface area contributed by atoms with Crippen molar-refractivity contribution in [1.82, 2.24) is 0 Å². The van der Waals surface area contributed by atoms with Crippen molar-refractivity contribution in [2.24, 2.45) is 0 Å². The van der Waals surface area contributed by atoms with Crippen LogP contribution in [0.25, 0.3) is 0 Å². The summed E-state index contributed by atoms with van der Waals surface area (Å²) < 4.78 is 139. The zero-order valence-corrected chi connectivity index (χ0v) is 14.0. The molecule has 0 spiro atoms. The first-order valence-electron chi connectivity index (χ1n) is 7.00. The Morgan fingerprint density at radius 3 is 1.43 bits per heavy atom. The van der Waals surface area contributed by atoms with Crippen molar-refractivity contribution in [1.29, 1.82) is 0 Å². The molecular weight excluding hydrogens is 429 g/mol. The summed E-state index contributed by atoms with van der Waals surface area (Å²) in [7, 11) is -4.87. The molecule has 0 unspecified atom stereocenters. The zero-order valence-electron chi connectivity index (χ0n) is 13.2. The third-order valence-corrected chi connectivity index (χ3v) is 5.07. The first kappa shape index (κ1) is 21.9. The van der Waals surface area contributed by atoms with E-state index in [9.17, 15) is 47.9 Å². The third-order valence-electron chi connectivity index (χ3n) is 3.32. The van der Waals surface area contributed by atoms with E-state index in [1.54, 1.807) is 0 Å². The van der Waals surface area contributed by atoms with Gasteiger partial charge in [0.2, 0.25) is 9.84 Å². The van der Waals surface area contributed by atoms with Gasteiger partial charge in [-0.2, -0.15) is 39.5 Å². The molecule has 0 aliphatic heterocycles. The van der Waals surface area contributed by atoms with Gasteiger partial charge in [0.25, 0.3) is 0 Å². The van der Waals surface area contributed by atoms with Crippen LogP contribution in [0.15, 0.2) is 52.3 Å². The summed E-state index contributed by atoms with van der Waals surface area (Å²) in [6, 6.07) is 2.37. The number of alkyl halides is 9. The summed E-state index contributed by atoms with van der Waals surface area (Å²) >= 11 is 0. The highest BCUT2D eigenvalue weighted by Crippen LogP contribution is 2.38. The van der Waals surface area contributed by atoms with Crippen molar-refractivity contribution >= 4 is 15.5 Å². The van der Waals surface area contributed by atoms with Crippen molar-refractivity contribution in [3.8, 4) is 0 Å². The fraction of sp³-hybridized carbons (Fsp3) is 0.200. The molecule has 0 aliphatic rings. The fourth-order valence-corrected chi connectivity index (χ4v) is 3.43. The number of benzene rings is 2. The topological polar surface area (TPSA) is 46.2 Å². The molecule has 154 valence electrons. The van der Waals surface area contributed by atoms with E-state index in [1.807, 2.05) is 0 Å². The lowest BCUT2D eigenvalue weighted by molar-refractivity contribution is -0.143. The van der Waals surface area contributed by atoms with Gasteiger partial charge in [-0.1, -0.05) is 0 Å². The summed E-state index contributed by atoms with van der Waals surface area (Å²) in [5.41, 5.74) is -4.25. The predicted octanol–water partition coefficient (Wildman–Crippen LogP) is 5.49. The molecule has 13 heteroatoms. The summed E-state index contributed by atoms with van der Waals surface area (Å²) in [6.45, 7) is 0. The number of halogens is 9. The predicted molar refractivity (Wildman–Crippen MR) is 78.0 cm³/mol. The minimum absolute atomic E-state index is 0.0203. The highest BCUT2D eigenvalue weighted by atomic mass is 32.2. The molecule has 2 aromatic carbocycles. The van der Waals surface area contributed by atoms with E-state index in [0.717, 1.165) is 5.32 Å². The Bertz CT molecular complexity index is 927. The maximum absolute atomic E-state index is 12.9. The summed E-state index contributed by atoms with van der Waals surface area (Å²) in [5, 5.41) is 1.07. The average Bonchev–Trinajstić information content (AvgIpc) is 2.51. The first-order valence-corrected chi connectivity index (χ1v) is 8.48. The van der Waals surface area contributed by atoms with Gasteiger partial charge in [0.05, 0.1) is 20.9 Å². The van der Waals surface area contributed by atoms with Crippen molar-refractivity contribution in [3.63, 3.8) is 0 Å². The van der Waals surface area contributed by atoms with Crippen LogP contribution in [0, 0.1) is 0 Å². The number of hydrogen-bond acceptors (Lipinski definition) is 3. The Morgan fingerprint density at radius 1 is 0.643 bits per heavy atom. The molecule has 0 heterocycles. The Balaban J connectivity index is 2.56. The molecule has 0 aliphatic carbocycles. The molecule has 2 aromatic rings. The number of rotatable bonds is 3. The van der Waals surface area contributed by atoms with E-state index in [1.165, 1.54) is 0 Å². The molecule has 0 saturated carbocycles. The number of hydrogen-bond donors (Lipinski definition) is 1. The highest BCUT2D eigenvalue weighted by Gasteiger charge is 2.38. The maximum Gasteiger partial charge on any atom is 0.482 e. The van der Waals surface area contributed by atoms with Crippen LogP contribution in [0.2, 0.25) is 0 Å².